The molecule has 1 aliphatic rings. The number of benzene rings is 2. The molecule has 1 fully saturated rings. The number of piperazine rings is 1. The fourth-order valence-corrected chi connectivity index (χ4v) is 3.91. The second kappa shape index (κ2) is 9.00. The van der Waals surface area contributed by atoms with Gasteiger partial charge in [0.05, 0.1) is 6.04 Å². The van der Waals surface area contributed by atoms with E-state index < -0.39 is 11.5 Å². The molecule has 2 aromatic carbocycles. The van der Waals surface area contributed by atoms with Crippen LogP contribution >= 0.6 is 11.6 Å². The van der Waals surface area contributed by atoms with Crippen molar-refractivity contribution in [1.29, 1.82) is 0 Å². The fourth-order valence-electron chi connectivity index (χ4n) is 3.78. The van der Waals surface area contributed by atoms with E-state index in [-0.39, 0.29) is 11.6 Å². The van der Waals surface area contributed by atoms with E-state index in [1.165, 1.54) is 0 Å². The van der Waals surface area contributed by atoms with Crippen LogP contribution in [0.4, 0.5) is 0 Å². The Morgan fingerprint density at radius 3 is 2.53 bits per heavy atom. The Balaban J connectivity index is 1.54. The summed E-state index contributed by atoms with van der Waals surface area (Å²) in [6.07, 6.45) is 0. The summed E-state index contributed by atoms with van der Waals surface area (Å²) in [5.41, 5.74) is 0.932. The average molecular weight is 426 g/mol. The van der Waals surface area contributed by atoms with Gasteiger partial charge in [-0.1, -0.05) is 41.9 Å². The highest BCUT2D eigenvalue weighted by molar-refractivity contribution is 6.30. The quantitative estimate of drug-likeness (QED) is 0.636. The summed E-state index contributed by atoms with van der Waals surface area (Å²) in [6.45, 7) is 4.12. The number of amides is 1. The number of para-hydroxylation sites is 1. The van der Waals surface area contributed by atoms with Crippen molar-refractivity contribution in [3.8, 4) is 0 Å². The Hall–Kier alpha value is -2.67. The molecule has 1 aromatic heterocycles. The van der Waals surface area contributed by atoms with Gasteiger partial charge in [-0.05, 0) is 36.9 Å². The Morgan fingerprint density at radius 2 is 1.80 bits per heavy atom. The number of hydrogen-bond donors (Lipinski definition) is 1. The van der Waals surface area contributed by atoms with Crippen LogP contribution in [0.2, 0.25) is 5.02 Å². The SMILES string of the molecule is CN1CCN(C(CNC(=O)c2cc3ccccc3oc2=O)c2ccc(Cl)cc2)CC1. The van der Waals surface area contributed by atoms with Crippen LogP contribution in [0.3, 0.4) is 0 Å². The topological polar surface area (TPSA) is 65.8 Å². The molecular formula is C23H24ClN3O3. The number of halogens is 1. The van der Waals surface area contributed by atoms with Crippen molar-refractivity contribution in [3.05, 3.63) is 81.2 Å². The highest BCUT2D eigenvalue weighted by Gasteiger charge is 2.25. The lowest BCUT2D eigenvalue weighted by Crippen LogP contribution is -2.48. The number of likely N-dealkylation sites (N-methyl/N-ethyl adjacent to an activating group) is 1. The van der Waals surface area contributed by atoms with Crippen molar-refractivity contribution in [2.45, 2.75) is 6.04 Å². The summed E-state index contributed by atoms with van der Waals surface area (Å²) >= 11 is 6.06. The Kier molecular flexibility index (Phi) is 6.18. The fraction of sp³-hybridized carbons (Fsp3) is 0.304. The lowest BCUT2D eigenvalue weighted by atomic mass is 10.0. The van der Waals surface area contributed by atoms with Crippen LogP contribution in [0.5, 0.6) is 0 Å². The molecule has 1 unspecified atom stereocenters. The van der Waals surface area contributed by atoms with Gasteiger partial charge in [0.2, 0.25) is 0 Å². The summed E-state index contributed by atoms with van der Waals surface area (Å²) in [5.74, 6) is -0.428. The van der Waals surface area contributed by atoms with E-state index in [4.69, 9.17) is 16.0 Å². The van der Waals surface area contributed by atoms with Gasteiger partial charge in [-0.3, -0.25) is 9.69 Å². The van der Waals surface area contributed by atoms with E-state index in [1.54, 1.807) is 18.2 Å². The summed E-state index contributed by atoms with van der Waals surface area (Å²) < 4.78 is 5.30. The molecular weight excluding hydrogens is 402 g/mol. The third-order valence-electron chi connectivity index (χ3n) is 5.58. The summed E-state index contributed by atoms with van der Waals surface area (Å²) in [5, 5.41) is 4.33. The minimum absolute atomic E-state index is 0.00702. The molecule has 1 amide bonds. The van der Waals surface area contributed by atoms with E-state index in [1.807, 2.05) is 36.4 Å². The molecule has 0 spiro atoms. The summed E-state index contributed by atoms with van der Waals surface area (Å²) in [4.78, 5) is 29.8. The Morgan fingerprint density at radius 1 is 1.10 bits per heavy atom. The maximum Gasteiger partial charge on any atom is 0.349 e. The average Bonchev–Trinajstić information content (AvgIpc) is 2.75. The van der Waals surface area contributed by atoms with Gasteiger partial charge in [0.25, 0.3) is 5.91 Å². The maximum absolute atomic E-state index is 12.8. The van der Waals surface area contributed by atoms with Gasteiger partial charge in [0, 0.05) is 43.1 Å². The molecule has 7 heteroatoms. The van der Waals surface area contributed by atoms with Gasteiger partial charge < -0.3 is 14.6 Å². The molecule has 0 aliphatic carbocycles. The van der Waals surface area contributed by atoms with Gasteiger partial charge in [0.15, 0.2) is 0 Å². The highest BCUT2D eigenvalue weighted by Crippen LogP contribution is 2.23. The summed E-state index contributed by atoms with van der Waals surface area (Å²) in [6, 6.07) is 16.4. The third-order valence-corrected chi connectivity index (χ3v) is 5.83. The lowest BCUT2D eigenvalue weighted by molar-refractivity contribution is 0.0883. The van der Waals surface area contributed by atoms with Crippen molar-refractivity contribution in [2.24, 2.45) is 0 Å². The molecule has 156 valence electrons. The predicted molar refractivity (Wildman–Crippen MR) is 118 cm³/mol. The van der Waals surface area contributed by atoms with Crippen LogP contribution in [0.1, 0.15) is 22.0 Å². The van der Waals surface area contributed by atoms with Gasteiger partial charge in [-0.15, -0.1) is 0 Å². The molecule has 1 atom stereocenters. The second-order valence-electron chi connectivity index (χ2n) is 7.60. The molecule has 30 heavy (non-hydrogen) atoms. The number of nitrogens with one attached hydrogen (secondary N) is 1. The highest BCUT2D eigenvalue weighted by atomic mass is 35.5. The smallest absolute Gasteiger partial charge is 0.349 e. The Labute approximate surface area is 180 Å². The predicted octanol–water partition coefficient (Wildman–Crippen LogP) is 3.16. The zero-order valence-electron chi connectivity index (χ0n) is 16.8. The van der Waals surface area contributed by atoms with Crippen LogP contribution in [0.15, 0.2) is 63.8 Å². The largest absolute Gasteiger partial charge is 0.422 e. The number of carbonyl (C=O) groups is 1. The van der Waals surface area contributed by atoms with Gasteiger partial charge in [0.1, 0.15) is 11.1 Å². The van der Waals surface area contributed by atoms with E-state index >= 15 is 0 Å². The zero-order valence-corrected chi connectivity index (χ0v) is 17.6. The standard InChI is InChI=1S/C23H24ClN3O3/c1-26-10-12-27(13-11-26)20(16-6-8-18(24)9-7-16)15-25-22(28)19-14-17-4-2-3-5-21(17)30-23(19)29/h2-9,14,20H,10-13,15H2,1H3,(H,25,28). The van der Waals surface area contributed by atoms with Crippen molar-refractivity contribution < 1.29 is 9.21 Å². The van der Waals surface area contributed by atoms with Gasteiger partial charge in [-0.2, -0.15) is 0 Å². The molecule has 0 bridgehead atoms. The van der Waals surface area contributed by atoms with Gasteiger partial charge in [-0.25, -0.2) is 4.79 Å². The van der Waals surface area contributed by atoms with Crippen molar-refractivity contribution in [1.82, 2.24) is 15.1 Å². The molecule has 1 N–H and O–H groups in total. The number of nitrogens with zero attached hydrogens (tertiary/aromatic N) is 2. The van der Waals surface area contributed by atoms with E-state index in [9.17, 15) is 9.59 Å². The molecule has 1 saturated heterocycles. The first-order valence-electron chi connectivity index (χ1n) is 10.0. The molecule has 1 aliphatic heterocycles. The second-order valence-corrected chi connectivity index (χ2v) is 8.04. The third kappa shape index (κ3) is 4.56. The molecule has 6 nitrogen and oxygen atoms in total. The first-order chi connectivity index (χ1) is 14.5. The van der Waals surface area contributed by atoms with Crippen molar-refractivity contribution in [3.63, 3.8) is 0 Å². The zero-order chi connectivity index (χ0) is 21.1. The first-order valence-corrected chi connectivity index (χ1v) is 10.4. The van der Waals surface area contributed by atoms with Gasteiger partial charge >= 0.3 is 5.63 Å². The van der Waals surface area contributed by atoms with Crippen molar-refractivity contribution in [2.75, 3.05) is 39.8 Å². The van der Waals surface area contributed by atoms with Crippen LogP contribution in [-0.4, -0.2) is 55.5 Å². The minimum Gasteiger partial charge on any atom is -0.422 e. The molecule has 0 radical (unpaired) electrons. The van der Waals surface area contributed by atoms with Crippen molar-refractivity contribution >= 4 is 28.5 Å². The molecule has 4 rings (SSSR count). The lowest BCUT2D eigenvalue weighted by Gasteiger charge is -2.38. The monoisotopic (exact) mass is 425 g/mol. The molecule has 0 saturated carbocycles. The molecule has 2 heterocycles. The first kappa shape index (κ1) is 20.6. The van der Waals surface area contributed by atoms with Crippen LogP contribution < -0.4 is 10.9 Å². The van der Waals surface area contributed by atoms with Crippen LogP contribution in [-0.2, 0) is 0 Å². The van der Waals surface area contributed by atoms with Crippen LogP contribution in [0, 0.1) is 0 Å². The summed E-state index contributed by atoms with van der Waals surface area (Å²) in [7, 11) is 2.11. The Bertz CT molecular complexity index is 1090. The number of rotatable bonds is 5. The number of carbonyl (C=O) groups excluding carboxylic acids is 1. The molecule has 3 aromatic rings. The number of hydrogen-bond acceptors (Lipinski definition) is 5. The van der Waals surface area contributed by atoms with E-state index in [0.717, 1.165) is 37.1 Å². The number of fused-ring (bicyclic) bond motifs is 1. The minimum atomic E-state index is -0.631. The van der Waals surface area contributed by atoms with E-state index in [0.29, 0.717) is 17.2 Å². The van der Waals surface area contributed by atoms with E-state index in [2.05, 4.69) is 22.2 Å². The maximum atomic E-state index is 12.8. The van der Waals surface area contributed by atoms with Crippen LogP contribution in [0.25, 0.3) is 11.0 Å². The normalized spacial score (nSPS) is 16.5.